The summed E-state index contributed by atoms with van der Waals surface area (Å²) >= 11 is 5.24. The fourth-order valence-corrected chi connectivity index (χ4v) is 2.65. The molecule has 1 heterocycles. The summed E-state index contributed by atoms with van der Waals surface area (Å²) in [4.78, 5) is 15.6. The topological polar surface area (TPSA) is 68.6 Å². The highest BCUT2D eigenvalue weighted by atomic mass is 32.1. The normalized spacial score (nSPS) is 11.0. The number of nitrogens with one attached hydrogen (secondary N) is 1. The minimum absolute atomic E-state index is 0.225. The average Bonchev–Trinajstić information content (AvgIpc) is 2.66. The molecule has 6 nitrogen and oxygen atoms in total. The second kappa shape index (κ2) is 7.79. The SMILES string of the molecule is C=CCOc1ccc(/C=N\n2c(=S)[nH]c3ccccc3c2=O)cc1OC. The number of hydrogen-bond acceptors (Lipinski definition) is 5. The van der Waals surface area contributed by atoms with Crippen LogP contribution in [0, 0.1) is 4.77 Å². The molecule has 0 saturated heterocycles. The molecule has 0 radical (unpaired) electrons. The molecule has 26 heavy (non-hydrogen) atoms. The van der Waals surface area contributed by atoms with E-state index in [0.717, 1.165) is 10.2 Å². The van der Waals surface area contributed by atoms with Gasteiger partial charge in [-0.1, -0.05) is 24.8 Å². The molecule has 1 N–H and O–H groups in total. The predicted octanol–water partition coefficient (Wildman–Crippen LogP) is 3.51. The van der Waals surface area contributed by atoms with Crippen LogP contribution in [0.5, 0.6) is 11.5 Å². The van der Waals surface area contributed by atoms with Crippen molar-refractivity contribution in [3.8, 4) is 11.5 Å². The van der Waals surface area contributed by atoms with E-state index in [1.807, 2.05) is 12.1 Å². The summed E-state index contributed by atoms with van der Waals surface area (Å²) in [6.07, 6.45) is 3.20. The lowest BCUT2D eigenvalue weighted by molar-refractivity contribution is 0.326. The Bertz CT molecular complexity index is 1100. The van der Waals surface area contributed by atoms with E-state index in [1.165, 1.54) is 0 Å². The van der Waals surface area contributed by atoms with Crippen LogP contribution in [0.25, 0.3) is 10.9 Å². The second-order valence-corrected chi connectivity index (χ2v) is 5.73. The van der Waals surface area contributed by atoms with Crippen LogP contribution in [-0.2, 0) is 0 Å². The van der Waals surface area contributed by atoms with Gasteiger partial charge in [0.1, 0.15) is 6.61 Å². The smallest absolute Gasteiger partial charge is 0.282 e. The third-order valence-corrected chi connectivity index (χ3v) is 3.93. The predicted molar refractivity (Wildman–Crippen MR) is 105 cm³/mol. The molecule has 3 aromatic rings. The van der Waals surface area contributed by atoms with Crippen molar-refractivity contribution in [2.45, 2.75) is 0 Å². The highest BCUT2D eigenvalue weighted by Crippen LogP contribution is 2.27. The average molecular weight is 367 g/mol. The molecule has 0 bridgehead atoms. The van der Waals surface area contributed by atoms with Gasteiger partial charge in [0.05, 0.1) is 24.2 Å². The van der Waals surface area contributed by atoms with Crippen LogP contribution < -0.4 is 15.0 Å². The number of benzene rings is 2. The minimum atomic E-state index is -0.279. The van der Waals surface area contributed by atoms with Crippen LogP contribution in [0.4, 0.5) is 0 Å². The van der Waals surface area contributed by atoms with E-state index in [9.17, 15) is 4.79 Å². The number of aromatic nitrogens is 2. The first-order valence-corrected chi connectivity index (χ1v) is 8.25. The van der Waals surface area contributed by atoms with Crippen molar-refractivity contribution in [1.82, 2.24) is 9.66 Å². The summed E-state index contributed by atoms with van der Waals surface area (Å²) in [6, 6.07) is 12.5. The summed E-state index contributed by atoms with van der Waals surface area (Å²) in [5.41, 5.74) is 1.14. The summed E-state index contributed by atoms with van der Waals surface area (Å²) < 4.78 is 12.2. The Balaban J connectivity index is 1.98. The van der Waals surface area contributed by atoms with Crippen LogP contribution in [0.3, 0.4) is 0 Å². The molecule has 0 atom stereocenters. The molecule has 0 amide bonds. The molecule has 0 aliphatic carbocycles. The van der Waals surface area contributed by atoms with Crippen molar-refractivity contribution in [3.05, 3.63) is 75.8 Å². The molecule has 0 spiro atoms. The number of ether oxygens (including phenoxy) is 2. The fraction of sp³-hybridized carbons (Fsp3) is 0.105. The lowest BCUT2D eigenvalue weighted by Gasteiger charge is -2.09. The zero-order chi connectivity index (χ0) is 18.5. The van der Waals surface area contributed by atoms with Crippen LogP contribution in [0.2, 0.25) is 0 Å². The first-order valence-electron chi connectivity index (χ1n) is 7.84. The monoisotopic (exact) mass is 367 g/mol. The first kappa shape index (κ1) is 17.6. The maximum Gasteiger partial charge on any atom is 0.282 e. The van der Waals surface area contributed by atoms with Gasteiger partial charge in [-0.05, 0) is 48.1 Å². The van der Waals surface area contributed by atoms with Crippen molar-refractivity contribution in [2.24, 2.45) is 5.10 Å². The molecule has 0 aliphatic rings. The summed E-state index contributed by atoms with van der Waals surface area (Å²) in [5.74, 6) is 1.16. The van der Waals surface area contributed by atoms with E-state index < -0.39 is 0 Å². The molecule has 0 fully saturated rings. The van der Waals surface area contributed by atoms with E-state index in [1.54, 1.807) is 49.7 Å². The Morgan fingerprint density at radius 3 is 2.85 bits per heavy atom. The van der Waals surface area contributed by atoms with Gasteiger partial charge < -0.3 is 14.5 Å². The van der Waals surface area contributed by atoms with E-state index >= 15 is 0 Å². The Morgan fingerprint density at radius 2 is 2.08 bits per heavy atom. The molecular formula is C19H17N3O3S. The zero-order valence-electron chi connectivity index (χ0n) is 14.1. The molecule has 3 rings (SSSR count). The molecule has 7 heteroatoms. The van der Waals surface area contributed by atoms with Gasteiger partial charge in [0, 0.05) is 0 Å². The van der Waals surface area contributed by atoms with Gasteiger partial charge in [0.15, 0.2) is 11.5 Å². The van der Waals surface area contributed by atoms with E-state index in [0.29, 0.717) is 29.0 Å². The van der Waals surface area contributed by atoms with Crippen molar-refractivity contribution in [3.63, 3.8) is 0 Å². The van der Waals surface area contributed by atoms with Gasteiger partial charge in [-0.3, -0.25) is 4.79 Å². The summed E-state index contributed by atoms with van der Waals surface area (Å²) in [6.45, 7) is 4.00. The van der Waals surface area contributed by atoms with Gasteiger partial charge in [0.2, 0.25) is 4.77 Å². The van der Waals surface area contributed by atoms with E-state index in [4.69, 9.17) is 21.7 Å². The van der Waals surface area contributed by atoms with E-state index in [-0.39, 0.29) is 10.3 Å². The first-order chi connectivity index (χ1) is 12.6. The molecule has 0 unspecified atom stereocenters. The Hall–Kier alpha value is -3.19. The number of para-hydroxylation sites is 1. The number of rotatable bonds is 6. The van der Waals surface area contributed by atoms with Gasteiger partial charge in [-0.15, -0.1) is 0 Å². The number of aromatic amines is 1. The van der Waals surface area contributed by atoms with Crippen molar-refractivity contribution in [1.29, 1.82) is 0 Å². The zero-order valence-corrected chi connectivity index (χ0v) is 15.0. The van der Waals surface area contributed by atoms with Crippen molar-refractivity contribution in [2.75, 3.05) is 13.7 Å². The second-order valence-electron chi connectivity index (χ2n) is 5.35. The number of nitrogens with zero attached hydrogens (tertiary/aromatic N) is 2. The number of methoxy groups -OCH3 is 1. The highest BCUT2D eigenvalue weighted by Gasteiger charge is 2.06. The Morgan fingerprint density at radius 1 is 1.27 bits per heavy atom. The Kier molecular flexibility index (Phi) is 5.28. The van der Waals surface area contributed by atoms with Crippen LogP contribution in [0.15, 0.2) is 65.0 Å². The van der Waals surface area contributed by atoms with Gasteiger partial charge in [-0.2, -0.15) is 9.78 Å². The fourth-order valence-electron chi connectivity index (χ4n) is 2.41. The largest absolute Gasteiger partial charge is 0.493 e. The van der Waals surface area contributed by atoms with Crippen LogP contribution >= 0.6 is 12.2 Å². The molecular weight excluding hydrogens is 350 g/mol. The maximum absolute atomic E-state index is 12.6. The molecule has 0 saturated carbocycles. The van der Waals surface area contributed by atoms with E-state index in [2.05, 4.69) is 16.7 Å². The molecule has 1 aromatic heterocycles. The quantitative estimate of drug-likeness (QED) is 0.411. The summed E-state index contributed by atoms with van der Waals surface area (Å²) in [5, 5.41) is 4.74. The third-order valence-electron chi connectivity index (χ3n) is 3.65. The van der Waals surface area contributed by atoms with Gasteiger partial charge >= 0.3 is 0 Å². The standard InChI is InChI=1S/C19H17N3O3S/c1-3-10-25-16-9-8-13(11-17(16)24-2)12-20-22-18(23)14-6-4-5-7-15(14)21-19(22)26/h3-9,11-12H,1,10H2,2H3,(H,21,26)/b20-12-. The summed E-state index contributed by atoms with van der Waals surface area (Å²) in [7, 11) is 1.56. The number of fused-ring (bicyclic) bond motifs is 1. The van der Waals surface area contributed by atoms with Gasteiger partial charge in [-0.25, -0.2) is 0 Å². The highest BCUT2D eigenvalue weighted by molar-refractivity contribution is 7.71. The molecule has 0 aliphatic heterocycles. The molecule has 2 aromatic carbocycles. The van der Waals surface area contributed by atoms with Crippen molar-refractivity contribution < 1.29 is 9.47 Å². The minimum Gasteiger partial charge on any atom is -0.493 e. The molecule has 132 valence electrons. The van der Waals surface area contributed by atoms with Crippen molar-refractivity contribution >= 4 is 29.3 Å². The lowest BCUT2D eigenvalue weighted by atomic mass is 10.2. The number of H-pyrrole nitrogens is 1. The maximum atomic E-state index is 12.6. The number of hydrogen-bond donors (Lipinski definition) is 1. The Labute approximate surface area is 155 Å². The lowest BCUT2D eigenvalue weighted by Crippen LogP contribution is -2.18. The van der Waals surface area contributed by atoms with Crippen LogP contribution in [-0.4, -0.2) is 29.6 Å². The third kappa shape index (κ3) is 3.57. The van der Waals surface area contributed by atoms with Gasteiger partial charge in [0.25, 0.3) is 5.56 Å². The van der Waals surface area contributed by atoms with Crippen LogP contribution in [0.1, 0.15) is 5.56 Å².